The average Bonchev–Trinajstić information content (AvgIpc) is 1.62. The Balaban J connectivity index is 0. The molecule has 0 aliphatic rings. The van der Waals surface area contributed by atoms with E-state index in [0.717, 1.165) is 0 Å². The molecular formula is C3H8FNO3S. The standard InChI is InChI=1S/C3H5FO3S.H3N/c1-2-3(4)8(5,6)7;/h2-3H,1H2,(H,5,6,7);1H3. The van der Waals surface area contributed by atoms with Gasteiger partial charge < -0.3 is 6.15 Å². The predicted molar refractivity (Wildman–Crippen MR) is 31.7 cm³/mol. The van der Waals surface area contributed by atoms with Crippen LogP contribution in [-0.2, 0) is 10.1 Å². The van der Waals surface area contributed by atoms with E-state index in [1.165, 1.54) is 0 Å². The first-order valence-corrected chi connectivity index (χ1v) is 3.21. The van der Waals surface area contributed by atoms with Crippen molar-refractivity contribution >= 4 is 10.1 Å². The molecule has 0 spiro atoms. The van der Waals surface area contributed by atoms with Gasteiger partial charge in [-0.3, -0.25) is 4.55 Å². The van der Waals surface area contributed by atoms with Crippen molar-refractivity contribution in [2.75, 3.05) is 0 Å². The van der Waals surface area contributed by atoms with Crippen molar-refractivity contribution < 1.29 is 17.4 Å². The summed E-state index contributed by atoms with van der Waals surface area (Å²) in [7, 11) is -4.54. The Morgan fingerprint density at radius 2 is 2.00 bits per heavy atom. The molecule has 0 saturated carbocycles. The quantitative estimate of drug-likeness (QED) is 0.451. The van der Waals surface area contributed by atoms with Gasteiger partial charge in [-0.25, -0.2) is 4.39 Å². The fourth-order valence-corrected chi connectivity index (χ4v) is 0.365. The molecule has 0 aliphatic heterocycles. The smallest absolute Gasteiger partial charge is 0.301 e. The third-order valence-corrected chi connectivity index (χ3v) is 1.23. The van der Waals surface area contributed by atoms with E-state index in [1.807, 2.05) is 0 Å². The van der Waals surface area contributed by atoms with E-state index in [2.05, 4.69) is 6.58 Å². The lowest BCUT2D eigenvalue weighted by molar-refractivity contribution is 0.410. The SMILES string of the molecule is C=CC(F)S(=O)(=O)O.N. The summed E-state index contributed by atoms with van der Waals surface area (Å²) < 4.78 is 38.8. The first kappa shape index (κ1) is 11.4. The van der Waals surface area contributed by atoms with Crippen LogP contribution < -0.4 is 6.15 Å². The molecule has 1 atom stereocenters. The monoisotopic (exact) mass is 157 g/mol. The van der Waals surface area contributed by atoms with Crippen LogP contribution in [0, 0.1) is 0 Å². The summed E-state index contributed by atoms with van der Waals surface area (Å²) in [4.78, 5) is 0. The van der Waals surface area contributed by atoms with Gasteiger partial charge in [0.25, 0.3) is 0 Å². The van der Waals surface area contributed by atoms with Crippen molar-refractivity contribution in [2.45, 2.75) is 5.50 Å². The molecule has 9 heavy (non-hydrogen) atoms. The van der Waals surface area contributed by atoms with Crippen LogP contribution in [0.2, 0.25) is 0 Å². The predicted octanol–water partition coefficient (Wildman–Crippen LogP) is 0.518. The second-order valence-electron chi connectivity index (χ2n) is 1.10. The molecule has 0 rings (SSSR count). The molecule has 0 radical (unpaired) electrons. The molecule has 1 unspecified atom stereocenters. The van der Waals surface area contributed by atoms with E-state index in [9.17, 15) is 12.8 Å². The van der Waals surface area contributed by atoms with Crippen LogP contribution in [0.15, 0.2) is 12.7 Å². The number of alkyl halides is 1. The van der Waals surface area contributed by atoms with Crippen LogP contribution in [0.25, 0.3) is 0 Å². The van der Waals surface area contributed by atoms with Crippen LogP contribution in [-0.4, -0.2) is 18.5 Å². The Morgan fingerprint density at radius 1 is 1.67 bits per heavy atom. The molecule has 0 aliphatic carbocycles. The minimum Gasteiger partial charge on any atom is -0.344 e. The lowest BCUT2D eigenvalue weighted by Crippen LogP contribution is -2.10. The van der Waals surface area contributed by atoms with Crippen LogP contribution >= 0.6 is 0 Å². The van der Waals surface area contributed by atoms with Gasteiger partial charge in [-0.2, -0.15) is 8.42 Å². The van der Waals surface area contributed by atoms with Crippen molar-refractivity contribution in [3.63, 3.8) is 0 Å². The number of hydrogen-bond acceptors (Lipinski definition) is 3. The van der Waals surface area contributed by atoms with Crippen LogP contribution in [0.5, 0.6) is 0 Å². The Morgan fingerprint density at radius 3 is 2.00 bits per heavy atom. The molecule has 0 aromatic rings. The molecule has 0 aromatic heterocycles. The molecule has 6 heteroatoms. The minimum atomic E-state index is -4.54. The molecule has 4 N–H and O–H groups in total. The summed E-state index contributed by atoms with van der Waals surface area (Å²) >= 11 is 0. The summed E-state index contributed by atoms with van der Waals surface area (Å²) in [6, 6.07) is 0. The lowest BCUT2D eigenvalue weighted by Gasteiger charge is -1.92. The van der Waals surface area contributed by atoms with Gasteiger partial charge in [0.05, 0.1) is 0 Å². The summed E-state index contributed by atoms with van der Waals surface area (Å²) in [5, 5.41) is 0. The third kappa shape index (κ3) is 4.07. The number of halogens is 1. The average molecular weight is 157 g/mol. The number of hydrogen-bond donors (Lipinski definition) is 2. The normalized spacial score (nSPS) is 13.6. The van der Waals surface area contributed by atoms with Crippen molar-refractivity contribution in [1.82, 2.24) is 6.15 Å². The summed E-state index contributed by atoms with van der Waals surface area (Å²) in [5.74, 6) is 0. The highest BCUT2D eigenvalue weighted by molar-refractivity contribution is 7.86. The highest BCUT2D eigenvalue weighted by Crippen LogP contribution is 1.98. The first-order valence-electron chi connectivity index (χ1n) is 1.71. The van der Waals surface area contributed by atoms with Gasteiger partial charge in [0.15, 0.2) is 0 Å². The number of rotatable bonds is 2. The minimum absolute atomic E-state index is 0. The topological polar surface area (TPSA) is 89.4 Å². The molecule has 0 saturated heterocycles. The fourth-order valence-electron chi connectivity index (χ4n) is 0.122. The lowest BCUT2D eigenvalue weighted by atomic mass is 10.7. The Kier molecular flexibility index (Phi) is 4.47. The van der Waals surface area contributed by atoms with Crippen molar-refractivity contribution in [3.05, 3.63) is 12.7 Å². The zero-order chi connectivity index (χ0) is 6.78. The maximum atomic E-state index is 11.7. The molecule has 0 amide bonds. The van der Waals surface area contributed by atoms with Crippen LogP contribution in [0.3, 0.4) is 0 Å². The van der Waals surface area contributed by atoms with E-state index in [4.69, 9.17) is 4.55 Å². The highest BCUT2D eigenvalue weighted by atomic mass is 32.2. The second kappa shape index (κ2) is 3.54. The molecule has 0 heterocycles. The Hall–Kier alpha value is -0.460. The Bertz CT molecular complexity index is 175. The maximum absolute atomic E-state index is 11.7. The van der Waals surface area contributed by atoms with E-state index < -0.39 is 15.6 Å². The van der Waals surface area contributed by atoms with E-state index in [1.54, 1.807) is 0 Å². The second-order valence-corrected chi connectivity index (χ2v) is 2.58. The molecule has 0 fully saturated rings. The summed E-state index contributed by atoms with van der Waals surface area (Å²) in [6.07, 6.45) is 0.495. The molecule has 4 nitrogen and oxygen atoms in total. The third-order valence-electron chi connectivity index (χ3n) is 0.470. The maximum Gasteiger partial charge on any atom is 0.301 e. The van der Waals surface area contributed by atoms with Gasteiger partial charge in [0, 0.05) is 0 Å². The van der Waals surface area contributed by atoms with E-state index >= 15 is 0 Å². The van der Waals surface area contributed by atoms with Crippen molar-refractivity contribution in [2.24, 2.45) is 0 Å². The van der Waals surface area contributed by atoms with Gasteiger partial charge in [-0.15, -0.1) is 0 Å². The fraction of sp³-hybridized carbons (Fsp3) is 0.333. The summed E-state index contributed by atoms with van der Waals surface area (Å²) in [6.45, 7) is 2.81. The van der Waals surface area contributed by atoms with Gasteiger partial charge in [-0.1, -0.05) is 6.58 Å². The molecular weight excluding hydrogens is 149 g/mol. The van der Waals surface area contributed by atoms with Crippen molar-refractivity contribution in [3.8, 4) is 0 Å². The largest absolute Gasteiger partial charge is 0.344 e. The highest BCUT2D eigenvalue weighted by Gasteiger charge is 2.16. The zero-order valence-electron chi connectivity index (χ0n) is 4.62. The van der Waals surface area contributed by atoms with Gasteiger partial charge in [0.2, 0.25) is 5.50 Å². The van der Waals surface area contributed by atoms with Crippen LogP contribution in [0.4, 0.5) is 4.39 Å². The van der Waals surface area contributed by atoms with Crippen molar-refractivity contribution in [1.29, 1.82) is 0 Å². The molecule has 56 valence electrons. The van der Waals surface area contributed by atoms with Gasteiger partial charge in [0.1, 0.15) is 0 Å². The molecule has 0 bridgehead atoms. The van der Waals surface area contributed by atoms with Crippen LogP contribution in [0.1, 0.15) is 0 Å². The van der Waals surface area contributed by atoms with E-state index in [-0.39, 0.29) is 6.15 Å². The molecule has 0 aromatic carbocycles. The summed E-state index contributed by atoms with van der Waals surface area (Å²) in [5.41, 5.74) is -2.36. The van der Waals surface area contributed by atoms with Gasteiger partial charge >= 0.3 is 10.1 Å². The first-order chi connectivity index (χ1) is 3.48. The zero-order valence-corrected chi connectivity index (χ0v) is 5.44. The Labute approximate surface area is 52.7 Å². The van der Waals surface area contributed by atoms with Gasteiger partial charge in [-0.05, 0) is 6.08 Å². The van der Waals surface area contributed by atoms with E-state index in [0.29, 0.717) is 6.08 Å².